The fourth-order valence-corrected chi connectivity index (χ4v) is 4.91. The van der Waals surface area contributed by atoms with E-state index < -0.39 is 10.0 Å². The highest BCUT2D eigenvalue weighted by molar-refractivity contribution is 7.88. The highest BCUT2D eigenvalue weighted by Crippen LogP contribution is 2.17. The number of ether oxygens (including phenoxy) is 2. The van der Waals surface area contributed by atoms with Crippen LogP contribution in [-0.4, -0.2) is 52.0 Å². The number of carbonyl (C=O) groups excluding carboxylic acids is 1. The first-order valence-corrected chi connectivity index (χ1v) is 11.6. The van der Waals surface area contributed by atoms with Crippen LogP contribution in [0.3, 0.4) is 0 Å². The van der Waals surface area contributed by atoms with E-state index in [0.29, 0.717) is 51.3 Å². The molecule has 7 nitrogen and oxygen atoms in total. The molecule has 1 aliphatic rings. The Balaban J connectivity index is 1.56. The van der Waals surface area contributed by atoms with Crippen molar-refractivity contribution in [2.24, 2.45) is 0 Å². The summed E-state index contributed by atoms with van der Waals surface area (Å²) in [6.45, 7) is 1.90. The molecule has 0 saturated carbocycles. The van der Waals surface area contributed by atoms with Gasteiger partial charge in [0.2, 0.25) is 15.9 Å². The predicted molar refractivity (Wildman–Crippen MR) is 115 cm³/mol. The molecule has 1 saturated heterocycles. The van der Waals surface area contributed by atoms with Gasteiger partial charge in [-0.05, 0) is 35.2 Å². The molecule has 162 valence electrons. The van der Waals surface area contributed by atoms with E-state index >= 15 is 0 Å². The third-order valence-corrected chi connectivity index (χ3v) is 6.90. The van der Waals surface area contributed by atoms with Crippen LogP contribution >= 0.6 is 0 Å². The van der Waals surface area contributed by atoms with Crippen molar-refractivity contribution in [2.45, 2.75) is 25.1 Å². The van der Waals surface area contributed by atoms with Gasteiger partial charge < -0.3 is 14.8 Å². The molecule has 1 N–H and O–H groups in total. The Morgan fingerprint density at radius 1 is 1.10 bits per heavy atom. The third-order valence-electron chi connectivity index (χ3n) is 5.07. The summed E-state index contributed by atoms with van der Waals surface area (Å²) in [5.74, 6) is 0.607. The number of aryl methyl sites for hydroxylation is 1. The average molecular weight is 433 g/mol. The number of hydrogen-bond donors (Lipinski definition) is 1. The van der Waals surface area contributed by atoms with Gasteiger partial charge in [-0.3, -0.25) is 4.79 Å². The molecule has 30 heavy (non-hydrogen) atoms. The minimum Gasteiger partial charge on any atom is -0.497 e. The number of nitrogens with zero attached hydrogens (tertiary/aromatic N) is 1. The fraction of sp³-hybridized carbons (Fsp3) is 0.409. The van der Waals surface area contributed by atoms with Crippen molar-refractivity contribution >= 4 is 15.9 Å². The number of sulfonamides is 1. The van der Waals surface area contributed by atoms with E-state index in [0.717, 1.165) is 16.9 Å². The van der Waals surface area contributed by atoms with Gasteiger partial charge in [-0.25, -0.2) is 8.42 Å². The highest BCUT2D eigenvalue weighted by atomic mass is 32.2. The molecule has 1 heterocycles. The first kappa shape index (κ1) is 22.3. The normalized spacial score (nSPS) is 15.0. The first-order valence-electron chi connectivity index (χ1n) is 10.00. The molecular formula is C22H28N2O5S. The van der Waals surface area contributed by atoms with Gasteiger partial charge in [0.15, 0.2) is 0 Å². The van der Waals surface area contributed by atoms with Crippen molar-refractivity contribution < 1.29 is 22.7 Å². The maximum Gasteiger partial charge on any atom is 0.220 e. The smallest absolute Gasteiger partial charge is 0.220 e. The zero-order valence-electron chi connectivity index (χ0n) is 17.2. The second kappa shape index (κ2) is 10.6. The van der Waals surface area contributed by atoms with E-state index in [1.54, 1.807) is 13.2 Å². The minimum absolute atomic E-state index is 0.0799. The molecule has 0 radical (unpaired) electrons. The van der Waals surface area contributed by atoms with Crippen LogP contribution in [0.4, 0.5) is 0 Å². The molecule has 1 amide bonds. The van der Waals surface area contributed by atoms with Gasteiger partial charge in [0.25, 0.3) is 0 Å². The lowest BCUT2D eigenvalue weighted by Crippen LogP contribution is -2.41. The quantitative estimate of drug-likeness (QED) is 0.656. The van der Waals surface area contributed by atoms with E-state index in [2.05, 4.69) is 5.32 Å². The predicted octanol–water partition coefficient (Wildman–Crippen LogP) is 2.11. The molecule has 0 spiro atoms. The molecule has 3 rings (SSSR count). The summed E-state index contributed by atoms with van der Waals surface area (Å²) in [5.41, 5.74) is 2.54. The Morgan fingerprint density at radius 3 is 2.57 bits per heavy atom. The fourth-order valence-electron chi connectivity index (χ4n) is 3.35. The van der Waals surface area contributed by atoms with E-state index in [1.807, 2.05) is 42.5 Å². The number of benzene rings is 2. The zero-order valence-corrected chi connectivity index (χ0v) is 18.0. The van der Waals surface area contributed by atoms with Crippen molar-refractivity contribution in [1.29, 1.82) is 0 Å². The van der Waals surface area contributed by atoms with Crippen LogP contribution in [0.15, 0.2) is 48.5 Å². The summed E-state index contributed by atoms with van der Waals surface area (Å²) in [7, 11) is -1.81. The van der Waals surface area contributed by atoms with Crippen LogP contribution in [0.5, 0.6) is 5.75 Å². The molecule has 0 atom stereocenters. The Hall–Kier alpha value is -2.42. The van der Waals surface area contributed by atoms with E-state index in [1.165, 1.54) is 4.31 Å². The Morgan fingerprint density at radius 2 is 1.83 bits per heavy atom. The van der Waals surface area contributed by atoms with Crippen LogP contribution in [-0.2, 0) is 38.3 Å². The van der Waals surface area contributed by atoms with Gasteiger partial charge >= 0.3 is 0 Å². The number of methoxy groups -OCH3 is 1. The van der Waals surface area contributed by atoms with Crippen molar-refractivity contribution in [2.75, 3.05) is 33.4 Å². The number of carbonyl (C=O) groups is 1. The summed E-state index contributed by atoms with van der Waals surface area (Å²) >= 11 is 0. The lowest BCUT2D eigenvalue weighted by molar-refractivity contribution is -0.121. The molecule has 1 aliphatic heterocycles. The lowest BCUT2D eigenvalue weighted by Gasteiger charge is -2.26. The Bertz CT molecular complexity index is 956. The average Bonchev–Trinajstić information content (AvgIpc) is 2.77. The summed E-state index contributed by atoms with van der Waals surface area (Å²) in [5, 5.41) is 2.90. The first-order chi connectivity index (χ1) is 14.5. The molecule has 0 unspecified atom stereocenters. The van der Waals surface area contributed by atoms with Crippen molar-refractivity contribution in [1.82, 2.24) is 9.62 Å². The van der Waals surface area contributed by atoms with Crippen LogP contribution in [0.1, 0.15) is 23.1 Å². The van der Waals surface area contributed by atoms with Crippen molar-refractivity contribution in [3.05, 3.63) is 65.2 Å². The van der Waals surface area contributed by atoms with Crippen molar-refractivity contribution in [3.63, 3.8) is 0 Å². The number of hydrogen-bond acceptors (Lipinski definition) is 5. The maximum atomic E-state index is 12.7. The zero-order chi connectivity index (χ0) is 21.4. The van der Waals surface area contributed by atoms with Crippen molar-refractivity contribution in [3.8, 4) is 5.75 Å². The van der Waals surface area contributed by atoms with Gasteiger partial charge in [-0.1, -0.05) is 36.4 Å². The van der Waals surface area contributed by atoms with E-state index in [9.17, 15) is 13.2 Å². The van der Waals surface area contributed by atoms with Gasteiger partial charge in [0.1, 0.15) is 5.75 Å². The minimum atomic E-state index is -3.42. The molecule has 1 fully saturated rings. The highest BCUT2D eigenvalue weighted by Gasteiger charge is 2.25. The van der Waals surface area contributed by atoms with Gasteiger partial charge in [0.05, 0.1) is 26.1 Å². The summed E-state index contributed by atoms with van der Waals surface area (Å²) < 4.78 is 37.4. The van der Waals surface area contributed by atoms with E-state index in [4.69, 9.17) is 9.47 Å². The number of amides is 1. The number of morpholine rings is 1. The van der Waals surface area contributed by atoms with Gasteiger partial charge in [-0.15, -0.1) is 0 Å². The molecule has 0 bridgehead atoms. The molecule has 0 aromatic heterocycles. The second-order valence-corrected chi connectivity index (χ2v) is 9.13. The number of rotatable bonds is 9. The van der Waals surface area contributed by atoms with Crippen LogP contribution in [0.2, 0.25) is 0 Å². The molecule has 2 aromatic carbocycles. The Labute approximate surface area is 178 Å². The van der Waals surface area contributed by atoms with Crippen LogP contribution < -0.4 is 10.1 Å². The standard InChI is InChI=1S/C22H28N2O5S/c1-28-21-8-4-5-18(15-21)9-10-22(25)23-16-19-6-2-3-7-20(19)17-30(26,27)24-11-13-29-14-12-24/h2-8,15H,9-14,16-17H2,1H3,(H,23,25). The summed E-state index contributed by atoms with van der Waals surface area (Å²) in [6.07, 6.45) is 0.956. The molecule has 2 aromatic rings. The van der Waals surface area contributed by atoms with Gasteiger partial charge in [-0.2, -0.15) is 4.31 Å². The van der Waals surface area contributed by atoms with Crippen LogP contribution in [0, 0.1) is 0 Å². The Kier molecular flexibility index (Phi) is 7.84. The van der Waals surface area contributed by atoms with Gasteiger partial charge in [0, 0.05) is 26.1 Å². The monoisotopic (exact) mass is 432 g/mol. The SMILES string of the molecule is COc1cccc(CCC(=O)NCc2ccccc2CS(=O)(=O)N2CCOCC2)c1. The summed E-state index contributed by atoms with van der Waals surface area (Å²) in [4.78, 5) is 12.3. The maximum absolute atomic E-state index is 12.7. The molecular weight excluding hydrogens is 404 g/mol. The van der Waals surface area contributed by atoms with Crippen LogP contribution in [0.25, 0.3) is 0 Å². The number of nitrogens with one attached hydrogen (secondary N) is 1. The molecule has 0 aliphatic carbocycles. The molecule has 8 heteroatoms. The largest absolute Gasteiger partial charge is 0.497 e. The third kappa shape index (κ3) is 6.29. The second-order valence-electron chi connectivity index (χ2n) is 7.16. The topological polar surface area (TPSA) is 84.9 Å². The lowest BCUT2D eigenvalue weighted by atomic mass is 10.1. The summed E-state index contributed by atoms with van der Waals surface area (Å²) in [6, 6.07) is 15.0. The van der Waals surface area contributed by atoms with E-state index in [-0.39, 0.29) is 11.7 Å².